The van der Waals surface area contributed by atoms with Gasteiger partial charge in [-0.3, -0.25) is 0 Å². The van der Waals surface area contributed by atoms with Crippen LogP contribution in [0.1, 0.15) is 59.7 Å². The van der Waals surface area contributed by atoms with E-state index >= 15 is 0 Å². The molecule has 1 aliphatic rings. The van der Waals surface area contributed by atoms with Crippen LogP contribution in [0.25, 0.3) is 0 Å². The van der Waals surface area contributed by atoms with Gasteiger partial charge in [0.15, 0.2) is 0 Å². The van der Waals surface area contributed by atoms with E-state index in [0.717, 1.165) is 19.6 Å². The highest BCUT2D eigenvalue weighted by Gasteiger charge is 2.32. The molecule has 2 rings (SSSR count). The smallest absolute Gasteiger partial charge is 0.0551 e. The Labute approximate surface area is 130 Å². The molecule has 1 aromatic rings. The van der Waals surface area contributed by atoms with Crippen LogP contribution in [0.2, 0.25) is 0 Å². The largest absolute Gasteiger partial charge is 0.378 e. The highest BCUT2D eigenvalue weighted by atomic mass is 16.5. The second-order valence-electron chi connectivity index (χ2n) is 6.71. The van der Waals surface area contributed by atoms with Gasteiger partial charge in [-0.15, -0.1) is 0 Å². The van der Waals surface area contributed by atoms with Crippen molar-refractivity contribution in [2.24, 2.45) is 5.92 Å². The molecule has 3 unspecified atom stereocenters. The van der Waals surface area contributed by atoms with Gasteiger partial charge in [0.2, 0.25) is 0 Å². The Hall–Kier alpha value is -0.860. The van der Waals surface area contributed by atoms with E-state index in [1.165, 1.54) is 33.4 Å². The molecular formula is C19H31NO. The number of rotatable bonds is 4. The van der Waals surface area contributed by atoms with Gasteiger partial charge in [-0.25, -0.2) is 0 Å². The summed E-state index contributed by atoms with van der Waals surface area (Å²) in [5, 5.41) is 3.74. The minimum atomic E-state index is 0.393. The van der Waals surface area contributed by atoms with Crippen LogP contribution >= 0.6 is 0 Å². The zero-order valence-electron chi connectivity index (χ0n) is 14.8. The normalized spacial score (nSPS) is 23.6. The average Bonchev–Trinajstić information content (AvgIpc) is 2.88. The van der Waals surface area contributed by atoms with Crippen molar-refractivity contribution >= 4 is 0 Å². The summed E-state index contributed by atoms with van der Waals surface area (Å²) in [6.07, 6.45) is 1.55. The Morgan fingerprint density at radius 1 is 1.00 bits per heavy atom. The maximum Gasteiger partial charge on any atom is 0.0551 e. The fourth-order valence-electron chi connectivity index (χ4n) is 3.80. The summed E-state index contributed by atoms with van der Waals surface area (Å²) in [6.45, 7) is 17.6. The van der Waals surface area contributed by atoms with E-state index in [-0.39, 0.29) is 0 Å². The van der Waals surface area contributed by atoms with Crippen molar-refractivity contribution in [3.8, 4) is 0 Å². The molecule has 118 valence electrons. The van der Waals surface area contributed by atoms with Crippen LogP contribution in [0.4, 0.5) is 0 Å². The Morgan fingerprint density at radius 2 is 1.52 bits per heavy atom. The first kappa shape index (κ1) is 16.5. The minimum absolute atomic E-state index is 0.393. The lowest BCUT2D eigenvalue weighted by Gasteiger charge is -2.30. The average molecular weight is 289 g/mol. The van der Waals surface area contributed by atoms with E-state index in [9.17, 15) is 0 Å². The minimum Gasteiger partial charge on any atom is -0.378 e. The van der Waals surface area contributed by atoms with Crippen molar-refractivity contribution in [1.29, 1.82) is 0 Å². The summed E-state index contributed by atoms with van der Waals surface area (Å²) < 4.78 is 5.84. The highest BCUT2D eigenvalue weighted by molar-refractivity contribution is 5.51. The summed E-state index contributed by atoms with van der Waals surface area (Å²) in [6, 6.07) is 0.415. The fourth-order valence-corrected chi connectivity index (χ4v) is 3.80. The molecule has 2 heteroatoms. The van der Waals surface area contributed by atoms with Gasteiger partial charge in [-0.05, 0) is 87.9 Å². The van der Waals surface area contributed by atoms with E-state index in [1.807, 2.05) is 0 Å². The first-order valence-electron chi connectivity index (χ1n) is 8.30. The summed E-state index contributed by atoms with van der Waals surface area (Å²) in [5.74, 6) is 0.582. The number of hydrogen-bond acceptors (Lipinski definition) is 2. The summed E-state index contributed by atoms with van der Waals surface area (Å²) in [5.41, 5.74) is 8.77. The lowest BCUT2D eigenvalue weighted by Crippen LogP contribution is -2.30. The van der Waals surface area contributed by atoms with E-state index in [4.69, 9.17) is 4.74 Å². The second kappa shape index (κ2) is 6.50. The van der Waals surface area contributed by atoms with Crippen molar-refractivity contribution in [2.45, 2.75) is 67.0 Å². The molecule has 1 fully saturated rings. The van der Waals surface area contributed by atoms with E-state index < -0.39 is 0 Å². The third-order valence-electron chi connectivity index (χ3n) is 5.49. The van der Waals surface area contributed by atoms with Crippen LogP contribution in [-0.2, 0) is 4.74 Å². The third kappa shape index (κ3) is 3.02. The number of nitrogens with one attached hydrogen (secondary N) is 1. The molecule has 3 atom stereocenters. The van der Waals surface area contributed by atoms with Gasteiger partial charge in [0.25, 0.3) is 0 Å². The maximum atomic E-state index is 5.84. The van der Waals surface area contributed by atoms with E-state index in [0.29, 0.717) is 18.1 Å². The van der Waals surface area contributed by atoms with Crippen molar-refractivity contribution in [2.75, 3.05) is 13.2 Å². The SMILES string of the molecule is CCNC(c1c(C)c(C)c(C)c(C)c1C)C1COC(C)C1. The number of hydrogen-bond donors (Lipinski definition) is 1. The maximum absolute atomic E-state index is 5.84. The van der Waals surface area contributed by atoms with Crippen molar-refractivity contribution in [3.05, 3.63) is 33.4 Å². The molecule has 0 radical (unpaired) electrons. The van der Waals surface area contributed by atoms with Gasteiger partial charge in [-0.2, -0.15) is 0 Å². The van der Waals surface area contributed by atoms with Crippen LogP contribution in [0.3, 0.4) is 0 Å². The molecule has 0 aliphatic carbocycles. The van der Waals surface area contributed by atoms with Gasteiger partial charge in [0.1, 0.15) is 0 Å². The predicted molar refractivity (Wildman–Crippen MR) is 90.1 cm³/mol. The van der Waals surface area contributed by atoms with Crippen molar-refractivity contribution < 1.29 is 4.74 Å². The lowest BCUT2D eigenvalue weighted by atomic mass is 9.81. The van der Waals surface area contributed by atoms with E-state index in [2.05, 4.69) is 53.8 Å². The van der Waals surface area contributed by atoms with Crippen LogP contribution < -0.4 is 5.32 Å². The Morgan fingerprint density at radius 3 is 1.95 bits per heavy atom. The second-order valence-corrected chi connectivity index (χ2v) is 6.71. The number of ether oxygens (including phenoxy) is 1. The molecular weight excluding hydrogens is 258 g/mol. The highest BCUT2D eigenvalue weighted by Crippen LogP contribution is 2.37. The molecule has 0 amide bonds. The standard InChI is InChI=1S/C19H31NO/c1-8-20-19(17-9-11(2)21-10-17)18-15(6)13(4)12(3)14(5)16(18)7/h11,17,19-20H,8-10H2,1-7H3. The first-order valence-corrected chi connectivity index (χ1v) is 8.30. The molecule has 1 N–H and O–H groups in total. The molecule has 0 aromatic heterocycles. The van der Waals surface area contributed by atoms with Crippen molar-refractivity contribution in [3.63, 3.8) is 0 Å². The van der Waals surface area contributed by atoms with Crippen LogP contribution in [0.15, 0.2) is 0 Å². The summed E-state index contributed by atoms with van der Waals surface area (Å²) in [4.78, 5) is 0. The van der Waals surface area contributed by atoms with Gasteiger partial charge in [0, 0.05) is 12.0 Å². The molecule has 1 aliphatic heterocycles. The topological polar surface area (TPSA) is 21.3 Å². The molecule has 1 aromatic carbocycles. The van der Waals surface area contributed by atoms with Gasteiger partial charge >= 0.3 is 0 Å². The van der Waals surface area contributed by atoms with Crippen LogP contribution in [-0.4, -0.2) is 19.3 Å². The fraction of sp³-hybridized carbons (Fsp3) is 0.684. The third-order valence-corrected chi connectivity index (χ3v) is 5.49. The van der Waals surface area contributed by atoms with Crippen molar-refractivity contribution in [1.82, 2.24) is 5.32 Å². The van der Waals surface area contributed by atoms with E-state index in [1.54, 1.807) is 0 Å². The lowest BCUT2D eigenvalue weighted by molar-refractivity contribution is 0.117. The van der Waals surface area contributed by atoms with Gasteiger partial charge in [0.05, 0.1) is 12.7 Å². The zero-order valence-corrected chi connectivity index (χ0v) is 14.8. The van der Waals surface area contributed by atoms with Gasteiger partial charge in [-0.1, -0.05) is 6.92 Å². The quantitative estimate of drug-likeness (QED) is 0.892. The first-order chi connectivity index (χ1) is 9.88. The monoisotopic (exact) mass is 289 g/mol. The summed E-state index contributed by atoms with van der Waals surface area (Å²) in [7, 11) is 0. The molecule has 1 saturated heterocycles. The Bertz CT molecular complexity index is 492. The zero-order chi connectivity index (χ0) is 15.7. The molecule has 1 heterocycles. The Balaban J connectivity index is 2.50. The summed E-state index contributed by atoms with van der Waals surface area (Å²) >= 11 is 0. The Kier molecular flexibility index (Phi) is 5.11. The van der Waals surface area contributed by atoms with Gasteiger partial charge < -0.3 is 10.1 Å². The molecule has 2 nitrogen and oxygen atoms in total. The predicted octanol–water partition coefficient (Wildman–Crippen LogP) is 4.30. The van der Waals surface area contributed by atoms with Crippen LogP contribution in [0.5, 0.6) is 0 Å². The number of benzene rings is 1. The molecule has 0 saturated carbocycles. The molecule has 0 spiro atoms. The molecule has 21 heavy (non-hydrogen) atoms. The van der Waals surface area contributed by atoms with Crippen LogP contribution in [0, 0.1) is 40.5 Å². The molecule has 0 bridgehead atoms.